The van der Waals surface area contributed by atoms with E-state index in [4.69, 9.17) is 14.6 Å². The van der Waals surface area contributed by atoms with Crippen molar-refractivity contribution in [3.05, 3.63) is 24.3 Å². The van der Waals surface area contributed by atoms with Gasteiger partial charge in [-0.3, -0.25) is 9.59 Å². The number of carbonyl (C=O) groups is 2. The maximum atomic E-state index is 12.0. The van der Waals surface area contributed by atoms with E-state index in [0.717, 1.165) is 5.75 Å². The number of carboxylic acid groups (broad SMARTS) is 1. The second-order valence-electron chi connectivity index (χ2n) is 4.96. The van der Waals surface area contributed by atoms with Crippen molar-refractivity contribution in [2.75, 3.05) is 26.8 Å². The minimum Gasteiger partial charge on any atom is -0.497 e. The minimum atomic E-state index is -0.781. The number of benzene rings is 1. The third kappa shape index (κ3) is 4.11. The fraction of sp³-hybridized carbons (Fsp3) is 0.467. The van der Waals surface area contributed by atoms with E-state index < -0.39 is 5.97 Å². The summed E-state index contributed by atoms with van der Waals surface area (Å²) in [5.41, 5.74) is 0. The molecule has 0 atom stereocenters. The molecule has 1 heterocycles. The lowest BCUT2D eigenvalue weighted by Gasteiger charge is -2.30. The molecule has 2 rings (SSSR count). The van der Waals surface area contributed by atoms with Gasteiger partial charge in [0, 0.05) is 13.1 Å². The number of piperidine rings is 1. The van der Waals surface area contributed by atoms with E-state index in [1.54, 1.807) is 36.3 Å². The van der Waals surface area contributed by atoms with Crippen LogP contribution in [0.2, 0.25) is 0 Å². The zero-order valence-corrected chi connectivity index (χ0v) is 11.9. The van der Waals surface area contributed by atoms with E-state index in [1.165, 1.54) is 0 Å². The smallest absolute Gasteiger partial charge is 0.306 e. The number of hydrogen-bond donors (Lipinski definition) is 1. The molecule has 1 aliphatic rings. The van der Waals surface area contributed by atoms with E-state index in [1.807, 2.05) is 0 Å². The molecule has 6 nitrogen and oxygen atoms in total. The standard InChI is InChI=1S/C15H19NO5/c1-20-12-2-4-13(5-3-12)21-10-14(17)16-8-6-11(7-9-16)15(18)19/h2-5,11H,6-10H2,1H3,(H,18,19). The average Bonchev–Trinajstić information content (AvgIpc) is 2.53. The second kappa shape index (κ2) is 6.97. The SMILES string of the molecule is COc1ccc(OCC(=O)N2CCC(C(=O)O)CC2)cc1. The molecular formula is C15H19NO5. The van der Waals surface area contributed by atoms with Gasteiger partial charge in [0.2, 0.25) is 0 Å². The van der Waals surface area contributed by atoms with E-state index in [-0.39, 0.29) is 18.4 Å². The Morgan fingerprint density at radius 1 is 1.19 bits per heavy atom. The van der Waals surface area contributed by atoms with Crippen LogP contribution in [0.15, 0.2) is 24.3 Å². The molecule has 1 fully saturated rings. The summed E-state index contributed by atoms with van der Waals surface area (Å²) in [6.07, 6.45) is 1.01. The maximum Gasteiger partial charge on any atom is 0.306 e. The lowest BCUT2D eigenvalue weighted by molar-refractivity contribution is -0.146. The Labute approximate surface area is 123 Å². The molecule has 0 radical (unpaired) electrons. The van der Waals surface area contributed by atoms with Crippen molar-refractivity contribution in [1.82, 2.24) is 4.90 Å². The molecule has 1 amide bonds. The number of aliphatic carboxylic acids is 1. The monoisotopic (exact) mass is 293 g/mol. The first-order chi connectivity index (χ1) is 10.1. The van der Waals surface area contributed by atoms with Crippen LogP contribution in [0.25, 0.3) is 0 Å². The number of rotatable bonds is 5. The summed E-state index contributed by atoms with van der Waals surface area (Å²) in [4.78, 5) is 24.5. The van der Waals surface area contributed by atoms with E-state index in [2.05, 4.69) is 0 Å². The van der Waals surface area contributed by atoms with Crippen LogP contribution in [0.1, 0.15) is 12.8 Å². The van der Waals surface area contributed by atoms with E-state index >= 15 is 0 Å². The zero-order chi connectivity index (χ0) is 15.2. The molecule has 1 aromatic rings. The molecule has 1 aromatic carbocycles. The quantitative estimate of drug-likeness (QED) is 0.888. The second-order valence-corrected chi connectivity index (χ2v) is 4.96. The Morgan fingerprint density at radius 2 is 1.76 bits per heavy atom. The van der Waals surface area contributed by atoms with Crippen molar-refractivity contribution < 1.29 is 24.2 Å². The highest BCUT2D eigenvalue weighted by molar-refractivity contribution is 5.78. The number of ether oxygens (including phenoxy) is 2. The number of hydrogen-bond acceptors (Lipinski definition) is 4. The van der Waals surface area contributed by atoms with Crippen LogP contribution in [0.5, 0.6) is 11.5 Å². The van der Waals surface area contributed by atoms with Crippen LogP contribution in [0.4, 0.5) is 0 Å². The van der Waals surface area contributed by atoms with Gasteiger partial charge in [0.05, 0.1) is 13.0 Å². The first-order valence-corrected chi connectivity index (χ1v) is 6.87. The highest BCUT2D eigenvalue weighted by Gasteiger charge is 2.26. The highest BCUT2D eigenvalue weighted by atomic mass is 16.5. The summed E-state index contributed by atoms with van der Waals surface area (Å²) in [5, 5.41) is 8.92. The molecule has 0 saturated carbocycles. The lowest BCUT2D eigenvalue weighted by Crippen LogP contribution is -2.42. The number of carboxylic acids is 1. The Kier molecular flexibility index (Phi) is 5.03. The number of carbonyl (C=O) groups excluding carboxylic acids is 1. The normalized spacial score (nSPS) is 15.6. The predicted octanol–water partition coefficient (Wildman–Crippen LogP) is 1.40. The number of amides is 1. The number of likely N-dealkylation sites (tertiary alicyclic amines) is 1. The van der Waals surface area contributed by atoms with E-state index in [9.17, 15) is 9.59 Å². The average molecular weight is 293 g/mol. The highest BCUT2D eigenvalue weighted by Crippen LogP contribution is 2.19. The van der Waals surface area contributed by atoms with E-state index in [0.29, 0.717) is 31.7 Å². The van der Waals surface area contributed by atoms with Crippen LogP contribution in [-0.4, -0.2) is 48.7 Å². The minimum absolute atomic E-state index is 0.0376. The molecule has 1 saturated heterocycles. The summed E-state index contributed by atoms with van der Waals surface area (Å²) in [5.74, 6) is 0.0942. The van der Waals surface area contributed by atoms with Crippen molar-refractivity contribution in [3.8, 4) is 11.5 Å². The van der Waals surface area contributed by atoms with Gasteiger partial charge in [-0.2, -0.15) is 0 Å². The van der Waals surface area contributed by atoms with Crippen LogP contribution >= 0.6 is 0 Å². The molecule has 0 aromatic heterocycles. The fourth-order valence-corrected chi connectivity index (χ4v) is 2.28. The Morgan fingerprint density at radius 3 is 2.29 bits per heavy atom. The van der Waals surface area contributed by atoms with Crippen molar-refractivity contribution in [3.63, 3.8) is 0 Å². The Hall–Kier alpha value is -2.24. The van der Waals surface area contributed by atoms with Crippen molar-refractivity contribution in [2.45, 2.75) is 12.8 Å². The predicted molar refractivity (Wildman–Crippen MR) is 75.4 cm³/mol. The molecule has 0 aliphatic carbocycles. The van der Waals surface area contributed by atoms with Crippen LogP contribution in [-0.2, 0) is 9.59 Å². The van der Waals surface area contributed by atoms with Gasteiger partial charge < -0.3 is 19.5 Å². The number of methoxy groups -OCH3 is 1. The third-order valence-corrected chi connectivity index (χ3v) is 3.62. The molecule has 1 N–H and O–H groups in total. The summed E-state index contributed by atoms with van der Waals surface area (Å²) in [6.45, 7) is 0.910. The number of nitrogens with zero attached hydrogens (tertiary/aromatic N) is 1. The molecule has 0 spiro atoms. The van der Waals surface area contributed by atoms with Gasteiger partial charge in [-0.25, -0.2) is 0 Å². The largest absolute Gasteiger partial charge is 0.497 e. The molecule has 1 aliphatic heterocycles. The summed E-state index contributed by atoms with van der Waals surface area (Å²) >= 11 is 0. The van der Waals surface area contributed by atoms with Gasteiger partial charge in [0.15, 0.2) is 6.61 Å². The molecule has 21 heavy (non-hydrogen) atoms. The lowest BCUT2D eigenvalue weighted by atomic mass is 9.97. The van der Waals surface area contributed by atoms with Crippen LogP contribution < -0.4 is 9.47 Å². The zero-order valence-electron chi connectivity index (χ0n) is 11.9. The van der Waals surface area contributed by atoms with Gasteiger partial charge in [-0.05, 0) is 37.1 Å². The summed E-state index contributed by atoms with van der Waals surface area (Å²) < 4.78 is 10.5. The summed E-state index contributed by atoms with van der Waals surface area (Å²) in [7, 11) is 1.58. The fourth-order valence-electron chi connectivity index (χ4n) is 2.28. The Bertz CT molecular complexity index is 491. The van der Waals surface area contributed by atoms with Gasteiger partial charge in [0.1, 0.15) is 11.5 Å². The van der Waals surface area contributed by atoms with Crippen LogP contribution in [0, 0.1) is 5.92 Å². The van der Waals surface area contributed by atoms with Crippen LogP contribution in [0.3, 0.4) is 0 Å². The first-order valence-electron chi connectivity index (χ1n) is 6.87. The molecule has 0 unspecified atom stereocenters. The molecule has 0 bridgehead atoms. The first kappa shape index (κ1) is 15.2. The molecule has 114 valence electrons. The van der Waals surface area contributed by atoms with Gasteiger partial charge >= 0.3 is 5.97 Å². The van der Waals surface area contributed by atoms with Crippen molar-refractivity contribution in [2.24, 2.45) is 5.92 Å². The summed E-state index contributed by atoms with van der Waals surface area (Å²) in [6, 6.07) is 7.00. The van der Waals surface area contributed by atoms with Gasteiger partial charge in [-0.1, -0.05) is 0 Å². The van der Waals surface area contributed by atoms with Gasteiger partial charge in [-0.15, -0.1) is 0 Å². The third-order valence-electron chi connectivity index (χ3n) is 3.62. The van der Waals surface area contributed by atoms with Gasteiger partial charge in [0.25, 0.3) is 5.91 Å². The topological polar surface area (TPSA) is 76.1 Å². The maximum absolute atomic E-state index is 12.0. The van der Waals surface area contributed by atoms with Crippen molar-refractivity contribution in [1.29, 1.82) is 0 Å². The Balaban J connectivity index is 1.78. The van der Waals surface area contributed by atoms with Crippen molar-refractivity contribution >= 4 is 11.9 Å². The molecular weight excluding hydrogens is 274 g/mol. The molecule has 6 heteroatoms.